The SMILES string of the molecule is CC[C@H](C)[C@H](NC(=O)[C@H](CC1CCCCC1)NC(=O)c1ccno1)C(=O)NCc1cc(C(=O)N2CCC(CN)CC2)ccc1OC. The minimum absolute atomic E-state index is 0.0207. The van der Waals surface area contributed by atoms with Gasteiger partial charge in [0.25, 0.3) is 11.8 Å². The molecule has 1 saturated heterocycles. The lowest BCUT2D eigenvalue weighted by atomic mass is 9.84. The highest BCUT2D eigenvalue weighted by atomic mass is 16.5. The van der Waals surface area contributed by atoms with Crippen LogP contribution in [0.5, 0.6) is 5.75 Å². The van der Waals surface area contributed by atoms with E-state index in [-0.39, 0.29) is 30.0 Å². The maximum atomic E-state index is 13.7. The van der Waals surface area contributed by atoms with Crippen LogP contribution in [0.1, 0.15) is 98.1 Å². The highest BCUT2D eigenvalue weighted by Crippen LogP contribution is 2.28. The molecule has 5 N–H and O–H groups in total. The molecule has 1 aliphatic carbocycles. The van der Waals surface area contributed by atoms with Crippen molar-refractivity contribution in [1.82, 2.24) is 26.0 Å². The average molecular weight is 639 g/mol. The number of piperidine rings is 1. The standard InChI is InChI=1S/C34H50N6O6/c1-4-22(2)30(39-31(41)27(18-23-8-6-5-7-9-23)38-32(42)29-12-15-37-46-29)33(43)36-21-26-19-25(10-11-28(26)45-3)34(44)40-16-13-24(20-35)14-17-40/h10-12,15,19,22-24,27,30H,4-9,13-14,16-18,20-21,35H2,1-3H3,(H,36,43)(H,38,42)(H,39,41)/t22-,27-,30-/m0/s1. The van der Waals surface area contributed by atoms with E-state index in [1.807, 2.05) is 18.7 Å². The Balaban J connectivity index is 1.44. The summed E-state index contributed by atoms with van der Waals surface area (Å²) in [4.78, 5) is 55.3. The summed E-state index contributed by atoms with van der Waals surface area (Å²) in [5.74, 6) is -0.240. The number of carbonyl (C=O) groups excluding carboxylic acids is 4. The highest BCUT2D eigenvalue weighted by molar-refractivity contribution is 5.97. The predicted octanol–water partition coefficient (Wildman–Crippen LogP) is 3.41. The normalized spacial score (nSPS) is 17.9. The van der Waals surface area contributed by atoms with Gasteiger partial charge in [-0.05, 0) is 61.8 Å². The Labute approximate surface area is 271 Å². The maximum Gasteiger partial charge on any atom is 0.290 e. The van der Waals surface area contributed by atoms with Gasteiger partial charge in [-0.1, -0.05) is 57.5 Å². The van der Waals surface area contributed by atoms with Gasteiger partial charge in [0.1, 0.15) is 17.8 Å². The first kappa shape index (κ1) is 34.9. The summed E-state index contributed by atoms with van der Waals surface area (Å²) >= 11 is 0. The Kier molecular flexibility index (Phi) is 13.0. The molecule has 3 atom stereocenters. The van der Waals surface area contributed by atoms with Crippen molar-refractivity contribution < 1.29 is 28.4 Å². The number of nitrogens with two attached hydrogens (primary N) is 1. The topological polar surface area (TPSA) is 169 Å². The van der Waals surface area contributed by atoms with Gasteiger partial charge in [0, 0.05) is 36.8 Å². The lowest BCUT2D eigenvalue weighted by Gasteiger charge is -2.31. The first-order chi connectivity index (χ1) is 22.2. The predicted molar refractivity (Wildman–Crippen MR) is 173 cm³/mol. The molecule has 1 aliphatic heterocycles. The molecule has 2 heterocycles. The Morgan fingerprint density at radius 1 is 1.02 bits per heavy atom. The second-order valence-corrected chi connectivity index (χ2v) is 12.7. The van der Waals surface area contributed by atoms with Crippen LogP contribution in [0.4, 0.5) is 0 Å². The highest BCUT2D eigenvalue weighted by Gasteiger charge is 2.32. The quantitative estimate of drug-likeness (QED) is 0.244. The van der Waals surface area contributed by atoms with E-state index in [0.717, 1.165) is 38.5 Å². The lowest BCUT2D eigenvalue weighted by molar-refractivity contribution is -0.131. The smallest absolute Gasteiger partial charge is 0.290 e. The number of carbonyl (C=O) groups is 4. The number of hydrogen-bond donors (Lipinski definition) is 4. The van der Waals surface area contributed by atoms with E-state index in [1.165, 1.54) is 18.7 Å². The number of rotatable bonds is 14. The Morgan fingerprint density at radius 2 is 1.76 bits per heavy atom. The van der Waals surface area contributed by atoms with Crippen molar-refractivity contribution in [2.45, 2.75) is 90.3 Å². The molecule has 4 amide bonds. The minimum Gasteiger partial charge on any atom is -0.496 e. The van der Waals surface area contributed by atoms with Crippen molar-refractivity contribution in [3.63, 3.8) is 0 Å². The third-order valence-corrected chi connectivity index (χ3v) is 9.59. The first-order valence-electron chi connectivity index (χ1n) is 16.7. The fourth-order valence-corrected chi connectivity index (χ4v) is 6.40. The average Bonchev–Trinajstić information content (AvgIpc) is 3.64. The Bertz CT molecular complexity index is 1300. The van der Waals surface area contributed by atoms with E-state index in [9.17, 15) is 19.2 Å². The van der Waals surface area contributed by atoms with E-state index in [4.69, 9.17) is 15.0 Å². The fraction of sp³-hybridized carbons (Fsp3) is 0.618. The van der Waals surface area contributed by atoms with E-state index >= 15 is 0 Å². The third-order valence-electron chi connectivity index (χ3n) is 9.59. The van der Waals surface area contributed by atoms with Gasteiger partial charge < -0.3 is 35.8 Å². The van der Waals surface area contributed by atoms with Crippen molar-refractivity contribution in [1.29, 1.82) is 0 Å². The van der Waals surface area contributed by atoms with Crippen LogP contribution in [-0.2, 0) is 16.1 Å². The van der Waals surface area contributed by atoms with E-state index in [2.05, 4.69) is 21.1 Å². The zero-order chi connectivity index (χ0) is 33.1. The fourth-order valence-electron chi connectivity index (χ4n) is 6.40. The number of hydrogen-bond acceptors (Lipinski definition) is 8. The second kappa shape index (κ2) is 17.1. The number of amides is 4. The monoisotopic (exact) mass is 638 g/mol. The van der Waals surface area contributed by atoms with Gasteiger partial charge in [0.15, 0.2) is 0 Å². The third kappa shape index (κ3) is 9.31. The van der Waals surface area contributed by atoms with Gasteiger partial charge in [0.05, 0.1) is 13.3 Å². The Hall–Kier alpha value is -3.93. The molecule has 2 aromatic rings. The summed E-state index contributed by atoms with van der Waals surface area (Å²) < 4.78 is 10.5. The molecule has 1 aromatic carbocycles. The molecule has 12 heteroatoms. The lowest BCUT2D eigenvalue weighted by Crippen LogP contribution is -2.56. The largest absolute Gasteiger partial charge is 0.496 e. The number of aromatic nitrogens is 1. The van der Waals surface area contributed by atoms with Gasteiger partial charge in [-0.15, -0.1) is 0 Å². The molecule has 1 saturated carbocycles. The van der Waals surface area contributed by atoms with Crippen molar-refractivity contribution in [3.8, 4) is 5.75 Å². The van der Waals surface area contributed by atoms with E-state index in [1.54, 1.807) is 25.3 Å². The van der Waals surface area contributed by atoms with Crippen molar-refractivity contribution in [2.24, 2.45) is 23.5 Å². The molecule has 0 bridgehead atoms. The number of methoxy groups -OCH3 is 1. The molecule has 12 nitrogen and oxygen atoms in total. The Morgan fingerprint density at radius 3 is 2.39 bits per heavy atom. The minimum atomic E-state index is -0.840. The van der Waals surface area contributed by atoms with Gasteiger partial charge in [-0.25, -0.2) is 0 Å². The van der Waals surface area contributed by atoms with Crippen LogP contribution in [0.2, 0.25) is 0 Å². The number of benzene rings is 1. The van der Waals surface area contributed by atoms with Crippen molar-refractivity contribution in [2.75, 3.05) is 26.7 Å². The van der Waals surface area contributed by atoms with Crippen LogP contribution in [0, 0.1) is 17.8 Å². The molecule has 2 fully saturated rings. The molecule has 2 aliphatic rings. The molecule has 4 rings (SSSR count). The molecule has 1 aromatic heterocycles. The van der Waals surface area contributed by atoms with Crippen LogP contribution < -0.4 is 26.4 Å². The summed E-state index contributed by atoms with van der Waals surface area (Å²) in [6.07, 6.45) is 9.60. The second-order valence-electron chi connectivity index (χ2n) is 12.7. The van der Waals surface area contributed by atoms with E-state index < -0.39 is 23.9 Å². The van der Waals surface area contributed by atoms with Gasteiger partial charge in [-0.2, -0.15) is 0 Å². The number of nitrogens with one attached hydrogen (secondary N) is 3. The van der Waals surface area contributed by atoms with Crippen LogP contribution >= 0.6 is 0 Å². The molecule has 0 radical (unpaired) electrons. The number of likely N-dealkylation sites (tertiary alicyclic amines) is 1. The number of ether oxygens (including phenoxy) is 1. The van der Waals surface area contributed by atoms with Gasteiger partial charge >= 0.3 is 0 Å². The summed E-state index contributed by atoms with van der Waals surface area (Å²) in [7, 11) is 1.54. The molecule has 252 valence electrons. The molecule has 0 unspecified atom stereocenters. The van der Waals surface area contributed by atoms with Gasteiger partial charge in [0.2, 0.25) is 17.6 Å². The van der Waals surface area contributed by atoms with Crippen LogP contribution in [0.15, 0.2) is 35.0 Å². The van der Waals surface area contributed by atoms with Crippen LogP contribution in [0.3, 0.4) is 0 Å². The van der Waals surface area contributed by atoms with Crippen molar-refractivity contribution in [3.05, 3.63) is 47.3 Å². The zero-order valence-corrected chi connectivity index (χ0v) is 27.4. The van der Waals surface area contributed by atoms with Gasteiger partial charge in [-0.3, -0.25) is 19.2 Å². The van der Waals surface area contributed by atoms with E-state index in [0.29, 0.717) is 61.2 Å². The number of nitrogens with zero attached hydrogens (tertiary/aromatic N) is 2. The first-order valence-corrected chi connectivity index (χ1v) is 16.7. The summed E-state index contributed by atoms with van der Waals surface area (Å²) in [6, 6.07) is 5.00. The summed E-state index contributed by atoms with van der Waals surface area (Å²) in [5, 5.41) is 12.3. The zero-order valence-electron chi connectivity index (χ0n) is 27.4. The molecular weight excluding hydrogens is 588 g/mol. The maximum absolute atomic E-state index is 13.7. The molecule has 0 spiro atoms. The summed E-state index contributed by atoms with van der Waals surface area (Å²) in [6.45, 7) is 5.92. The van der Waals surface area contributed by atoms with Crippen molar-refractivity contribution >= 4 is 23.6 Å². The van der Waals surface area contributed by atoms with Crippen LogP contribution in [0.25, 0.3) is 0 Å². The molecular formula is C34H50N6O6. The molecule has 46 heavy (non-hydrogen) atoms. The summed E-state index contributed by atoms with van der Waals surface area (Å²) in [5.41, 5.74) is 6.99. The van der Waals surface area contributed by atoms with Crippen LogP contribution in [-0.4, -0.2) is 72.5 Å².